The lowest BCUT2D eigenvalue weighted by molar-refractivity contribution is -0.384. The molecule has 176 valence electrons. The average Bonchev–Trinajstić information content (AvgIpc) is 3.29. The van der Waals surface area contributed by atoms with Crippen molar-refractivity contribution in [1.82, 2.24) is 10.4 Å². The first kappa shape index (κ1) is 24.3. The predicted molar refractivity (Wildman–Crippen MR) is 142 cm³/mol. The molecule has 3 aromatic carbocycles. The van der Waals surface area contributed by atoms with Gasteiger partial charge in [0.05, 0.1) is 27.9 Å². The van der Waals surface area contributed by atoms with Gasteiger partial charge >= 0.3 is 0 Å². The van der Waals surface area contributed by atoms with Crippen LogP contribution < -0.4 is 10.7 Å². The number of benzene rings is 3. The van der Waals surface area contributed by atoms with Crippen molar-refractivity contribution in [2.75, 3.05) is 11.9 Å². The third-order valence-corrected chi connectivity index (χ3v) is 5.79. The lowest BCUT2D eigenvalue weighted by Crippen LogP contribution is -2.37. The van der Waals surface area contributed by atoms with Crippen LogP contribution in [0.5, 0.6) is 0 Å². The van der Waals surface area contributed by atoms with Crippen molar-refractivity contribution in [1.29, 1.82) is 0 Å². The van der Waals surface area contributed by atoms with Gasteiger partial charge in [0, 0.05) is 34.5 Å². The predicted octanol–water partition coefficient (Wildman–Crippen LogP) is 5.74. The summed E-state index contributed by atoms with van der Waals surface area (Å²) in [6.07, 6.45) is 1.58. The van der Waals surface area contributed by atoms with Crippen molar-refractivity contribution in [2.24, 2.45) is 4.99 Å². The van der Waals surface area contributed by atoms with Gasteiger partial charge < -0.3 is 5.32 Å². The van der Waals surface area contributed by atoms with Crippen LogP contribution in [0.2, 0.25) is 10.0 Å². The van der Waals surface area contributed by atoms with Crippen LogP contribution in [-0.4, -0.2) is 33.7 Å². The zero-order chi connectivity index (χ0) is 24.9. The summed E-state index contributed by atoms with van der Waals surface area (Å²) in [5, 5.41) is 16.4. The molecule has 0 aliphatic carbocycles. The maximum Gasteiger partial charge on any atom is 0.272 e. The molecule has 3 aromatic rings. The third kappa shape index (κ3) is 5.83. The number of hydrogen-bond acceptors (Lipinski definition) is 5. The summed E-state index contributed by atoms with van der Waals surface area (Å²) in [6.45, 7) is 0.202. The fourth-order valence-corrected chi connectivity index (χ4v) is 3.95. The van der Waals surface area contributed by atoms with E-state index in [2.05, 4.69) is 15.7 Å². The fourth-order valence-electron chi connectivity index (χ4n) is 3.33. The van der Waals surface area contributed by atoms with E-state index in [1.165, 1.54) is 29.3 Å². The number of carbonyl (C=O) groups is 1. The van der Waals surface area contributed by atoms with Crippen molar-refractivity contribution in [2.45, 2.75) is 0 Å². The Hall–Kier alpha value is -3.79. The number of nitro benzene ring substituents is 1. The minimum absolute atomic E-state index is 0.0892. The molecule has 0 aromatic heterocycles. The summed E-state index contributed by atoms with van der Waals surface area (Å²) in [4.78, 5) is 27.8. The second kappa shape index (κ2) is 10.6. The highest BCUT2D eigenvalue weighted by Gasteiger charge is 2.27. The molecule has 1 amide bonds. The molecule has 8 nitrogen and oxygen atoms in total. The molecule has 0 unspecified atom stereocenters. The molecule has 2 N–H and O–H groups in total. The van der Waals surface area contributed by atoms with Crippen LogP contribution >= 0.6 is 35.4 Å². The molecule has 4 rings (SSSR count). The van der Waals surface area contributed by atoms with Crippen LogP contribution in [0.25, 0.3) is 5.70 Å². The zero-order valence-electron chi connectivity index (χ0n) is 17.9. The Bertz CT molecular complexity index is 1360. The molecule has 1 aliphatic rings. The van der Waals surface area contributed by atoms with Gasteiger partial charge in [0.2, 0.25) is 0 Å². The molecule has 1 heterocycles. The number of halogens is 2. The van der Waals surface area contributed by atoms with E-state index in [0.29, 0.717) is 27.0 Å². The normalized spacial score (nSPS) is 13.1. The number of hydrogen-bond donors (Lipinski definition) is 2. The standard InChI is InChI=1S/C24H17Cl2N5O3S/c25-18-8-11-21(20(26)12-18)28-24(35)27-13-17-14-30(29-22(17)15-4-2-1-3-5-15)23(32)16-6-9-19(10-7-16)31(33)34/h1-13,29H,14H2,(H,28,35). The van der Waals surface area contributed by atoms with E-state index in [9.17, 15) is 14.9 Å². The smallest absolute Gasteiger partial charge is 0.272 e. The summed E-state index contributed by atoms with van der Waals surface area (Å²) >= 11 is 17.4. The van der Waals surface area contributed by atoms with Crippen LogP contribution in [0.4, 0.5) is 11.4 Å². The topological polar surface area (TPSA) is 99.9 Å². The molecule has 0 atom stereocenters. The number of rotatable bonds is 5. The van der Waals surface area contributed by atoms with Gasteiger partial charge in [-0.1, -0.05) is 53.5 Å². The van der Waals surface area contributed by atoms with E-state index in [-0.39, 0.29) is 23.3 Å². The van der Waals surface area contributed by atoms with Crippen LogP contribution in [0.3, 0.4) is 0 Å². The first-order valence-electron chi connectivity index (χ1n) is 10.2. The Morgan fingerprint density at radius 1 is 1.11 bits per heavy atom. The number of aliphatic imine (C=N–C) groups is 1. The second-order valence-electron chi connectivity index (χ2n) is 7.39. The number of carbonyl (C=O) groups excluding carboxylic acids is 1. The average molecular weight is 526 g/mol. The quantitative estimate of drug-likeness (QED) is 0.190. The van der Waals surface area contributed by atoms with Crippen LogP contribution in [0.1, 0.15) is 15.9 Å². The summed E-state index contributed by atoms with van der Waals surface area (Å²) in [6, 6.07) is 19.9. The Balaban J connectivity index is 1.54. The minimum atomic E-state index is -0.514. The van der Waals surface area contributed by atoms with Gasteiger partial charge in [-0.2, -0.15) is 0 Å². The van der Waals surface area contributed by atoms with Gasteiger partial charge in [-0.3, -0.25) is 20.3 Å². The Kier molecular flexibility index (Phi) is 7.40. The van der Waals surface area contributed by atoms with Gasteiger partial charge in [-0.05, 0) is 48.1 Å². The first-order chi connectivity index (χ1) is 16.8. The number of nitro groups is 1. The monoisotopic (exact) mass is 525 g/mol. The number of anilines is 1. The van der Waals surface area contributed by atoms with E-state index in [1.54, 1.807) is 24.4 Å². The van der Waals surface area contributed by atoms with Gasteiger partial charge in [0.15, 0.2) is 5.11 Å². The van der Waals surface area contributed by atoms with Crippen LogP contribution in [-0.2, 0) is 0 Å². The highest BCUT2D eigenvalue weighted by molar-refractivity contribution is 7.80. The second-order valence-corrected chi connectivity index (χ2v) is 8.62. The Morgan fingerprint density at radius 2 is 1.83 bits per heavy atom. The molecule has 35 heavy (non-hydrogen) atoms. The summed E-state index contributed by atoms with van der Waals surface area (Å²) < 4.78 is 0. The zero-order valence-corrected chi connectivity index (χ0v) is 20.3. The first-order valence-corrected chi connectivity index (χ1v) is 11.4. The van der Waals surface area contributed by atoms with Crippen molar-refractivity contribution >= 4 is 69.7 Å². The van der Waals surface area contributed by atoms with Crippen molar-refractivity contribution in [3.8, 4) is 0 Å². The summed E-state index contributed by atoms with van der Waals surface area (Å²) in [5.74, 6) is -0.342. The molecule has 11 heteroatoms. The van der Waals surface area contributed by atoms with Crippen molar-refractivity contribution in [3.63, 3.8) is 0 Å². The minimum Gasteiger partial charge on any atom is -0.330 e. The van der Waals surface area contributed by atoms with Gasteiger partial charge in [-0.15, -0.1) is 0 Å². The molecule has 0 saturated carbocycles. The van der Waals surface area contributed by atoms with Gasteiger partial charge in [-0.25, -0.2) is 10.0 Å². The molecule has 0 saturated heterocycles. The van der Waals surface area contributed by atoms with Crippen LogP contribution in [0.15, 0.2) is 83.4 Å². The lowest BCUT2D eigenvalue weighted by atomic mass is 10.1. The van der Waals surface area contributed by atoms with Gasteiger partial charge in [0.1, 0.15) is 0 Å². The Morgan fingerprint density at radius 3 is 2.49 bits per heavy atom. The fraction of sp³-hybridized carbons (Fsp3) is 0.0417. The van der Waals surface area contributed by atoms with E-state index < -0.39 is 4.92 Å². The van der Waals surface area contributed by atoms with Gasteiger partial charge in [0.25, 0.3) is 11.6 Å². The Labute approximate surface area is 216 Å². The molecule has 1 aliphatic heterocycles. The third-order valence-electron chi connectivity index (χ3n) is 5.04. The number of hydrazine groups is 1. The number of non-ortho nitro benzene ring substituents is 1. The molecule has 0 radical (unpaired) electrons. The number of nitrogens with one attached hydrogen (secondary N) is 2. The molecular weight excluding hydrogens is 509 g/mol. The van der Waals surface area contributed by atoms with E-state index >= 15 is 0 Å². The van der Waals surface area contributed by atoms with E-state index in [0.717, 1.165) is 11.1 Å². The number of amides is 1. The highest BCUT2D eigenvalue weighted by Crippen LogP contribution is 2.26. The largest absolute Gasteiger partial charge is 0.330 e. The summed E-state index contributed by atoms with van der Waals surface area (Å²) in [5.41, 5.74) is 6.17. The number of thiocarbonyl (C=S) groups is 1. The maximum atomic E-state index is 13.1. The molecule has 0 fully saturated rings. The molecular formula is C24H17Cl2N5O3S. The SMILES string of the molecule is O=C(c1ccc([N+](=O)[O-])cc1)N1CC(C=NC(=S)Nc2ccc(Cl)cc2Cl)=C(c2ccccc2)N1. The van der Waals surface area contributed by atoms with Crippen molar-refractivity contribution in [3.05, 3.63) is 110 Å². The summed E-state index contributed by atoms with van der Waals surface area (Å²) in [7, 11) is 0. The number of nitrogens with zero attached hydrogens (tertiary/aromatic N) is 3. The molecule has 0 bridgehead atoms. The van der Waals surface area contributed by atoms with Crippen molar-refractivity contribution < 1.29 is 9.72 Å². The maximum absolute atomic E-state index is 13.1. The lowest BCUT2D eigenvalue weighted by Gasteiger charge is -2.18. The van der Waals surface area contributed by atoms with E-state index in [1.807, 2.05) is 30.3 Å². The molecule has 0 spiro atoms. The highest BCUT2D eigenvalue weighted by atomic mass is 35.5. The van der Waals surface area contributed by atoms with Crippen LogP contribution in [0, 0.1) is 10.1 Å². The van der Waals surface area contributed by atoms with E-state index in [4.69, 9.17) is 35.4 Å².